The Kier molecular flexibility index (Phi) is 4.39. The average Bonchev–Trinajstić information content (AvgIpc) is 2.78. The second-order valence-electron chi connectivity index (χ2n) is 5.05. The monoisotopic (exact) mass is 279 g/mol. The van der Waals surface area contributed by atoms with Crippen molar-refractivity contribution in [2.75, 3.05) is 39.8 Å². The van der Waals surface area contributed by atoms with E-state index in [4.69, 9.17) is 0 Å². The Hall–Kier alpha value is -1.89. The van der Waals surface area contributed by atoms with E-state index >= 15 is 0 Å². The molecule has 1 aromatic rings. The van der Waals surface area contributed by atoms with E-state index in [0.29, 0.717) is 25.2 Å². The highest BCUT2D eigenvalue weighted by atomic mass is 16.2. The summed E-state index contributed by atoms with van der Waals surface area (Å²) in [7, 11) is 1.63. The van der Waals surface area contributed by atoms with Crippen molar-refractivity contribution in [2.45, 2.75) is 13.8 Å². The molecule has 1 aliphatic rings. The molecule has 7 nitrogen and oxygen atoms in total. The zero-order valence-corrected chi connectivity index (χ0v) is 12.2. The molecule has 1 fully saturated rings. The van der Waals surface area contributed by atoms with Gasteiger partial charge in [0.2, 0.25) is 5.91 Å². The van der Waals surface area contributed by atoms with E-state index < -0.39 is 0 Å². The Morgan fingerprint density at radius 2 is 1.90 bits per heavy atom. The topological polar surface area (TPSA) is 81.3 Å². The van der Waals surface area contributed by atoms with Crippen LogP contribution in [0.2, 0.25) is 0 Å². The molecule has 0 saturated carbocycles. The van der Waals surface area contributed by atoms with Gasteiger partial charge < -0.3 is 10.2 Å². The van der Waals surface area contributed by atoms with Crippen LogP contribution < -0.4 is 5.32 Å². The molecule has 0 spiro atoms. The fourth-order valence-electron chi connectivity index (χ4n) is 2.42. The number of H-pyrrole nitrogens is 1. The minimum atomic E-state index is 0.00583. The standard InChI is InChI=1S/C13H21N5O2/c1-9-12(10(2)16-15-9)13(20)18-6-4-17(5-7-18)8-11(19)14-3/h4-8H2,1-3H3,(H,14,19)(H,15,16). The van der Waals surface area contributed by atoms with Crippen molar-refractivity contribution in [1.82, 2.24) is 25.3 Å². The van der Waals surface area contributed by atoms with Crippen molar-refractivity contribution in [3.05, 3.63) is 17.0 Å². The number of likely N-dealkylation sites (N-methyl/N-ethyl adjacent to an activating group) is 1. The zero-order chi connectivity index (χ0) is 14.7. The highest BCUT2D eigenvalue weighted by Crippen LogP contribution is 2.14. The van der Waals surface area contributed by atoms with E-state index in [0.717, 1.165) is 24.5 Å². The van der Waals surface area contributed by atoms with Crippen molar-refractivity contribution >= 4 is 11.8 Å². The molecule has 1 aliphatic heterocycles. The normalized spacial score (nSPS) is 16.2. The number of nitrogens with zero attached hydrogens (tertiary/aromatic N) is 3. The second-order valence-corrected chi connectivity index (χ2v) is 5.05. The maximum Gasteiger partial charge on any atom is 0.257 e. The van der Waals surface area contributed by atoms with Gasteiger partial charge in [0.1, 0.15) is 0 Å². The molecule has 0 aromatic carbocycles. The van der Waals surface area contributed by atoms with Crippen LogP contribution in [-0.4, -0.2) is 71.6 Å². The number of aromatic amines is 1. The molecule has 0 bridgehead atoms. The van der Waals surface area contributed by atoms with Crippen molar-refractivity contribution in [3.8, 4) is 0 Å². The fraction of sp³-hybridized carbons (Fsp3) is 0.615. The lowest BCUT2D eigenvalue weighted by molar-refractivity contribution is -0.122. The molecule has 7 heteroatoms. The van der Waals surface area contributed by atoms with Gasteiger partial charge in [0.25, 0.3) is 5.91 Å². The number of amides is 2. The van der Waals surface area contributed by atoms with E-state index in [1.807, 2.05) is 18.7 Å². The van der Waals surface area contributed by atoms with Crippen LogP contribution in [0.25, 0.3) is 0 Å². The molecule has 110 valence electrons. The highest BCUT2D eigenvalue weighted by Gasteiger charge is 2.26. The molecule has 2 heterocycles. The van der Waals surface area contributed by atoms with Crippen LogP contribution in [0.15, 0.2) is 0 Å². The summed E-state index contributed by atoms with van der Waals surface area (Å²) in [4.78, 5) is 27.7. The van der Waals surface area contributed by atoms with Gasteiger partial charge in [-0.15, -0.1) is 0 Å². The zero-order valence-electron chi connectivity index (χ0n) is 12.2. The molecule has 0 atom stereocenters. The number of carbonyl (C=O) groups excluding carboxylic acids is 2. The smallest absolute Gasteiger partial charge is 0.257 e. The number of aromatic nitrogens is 2. The van der Waals surface area contributed by atoms with Crippen LogP contribution in [-0.2, 0) is 4.79 Å². The van der Waals surface area contributed by atoms with E-state index in [1.165, 1.54) is 0 Å². The number of carbonyl (C=O) groups is 2. The summed E-state index contributed by atoms with van der Waals surface area (Å²) in [6, 6.07) is 0. The molecule has 1 aromatic heterocycles. The molecule has 0 radical (unpaired) electrons. The molecule has 0 aliphatic carbocycles. The van der Waals surface area contributed by atoms with Crippen molar-refractivity contribution in [2.24, 2.45) is 0 Å². The van der Waals surface area contributed by atoms with Crippen LogP contribution in [0, 0.1) is 13.8 Å². The molecule has 0 unspecified atom stereocenters. The van der Waals surface area contributed by atoms with Gasteiger partial charge >= 0.3 is 0 Å². The van der Waals surface area contributed by atoms with Crippen molar-refractivity contribution < 1.29 is 9.59 Å². The maximum absolute atomic E-state index is 12.5. The van der Waals surface area contributed by atoms with Gasteiger partial charge in [-0.05, 0) is 13.8 Å². The number of hydrogen-bond donors (Lipinski definition) is 2. The van der Waals surface area contributed by atoms with E-state index in [-0.39, 0.29) is 11.8 Å². The first-order valence-electron chi connectivity index (χ1n) is 6.76. The molecule has 20 heavy (non-hydrogen) atoms. The molecule has 2 N–H and O–H groups in total. The number of rotatable bonds is 3. The Labute approximate surface area is 118 Å². The Morgan fingerprint density at radius 1 is 1.25 bits per heavy atom. The van der Waals surface area contributed by atoms with E-state index in [1.54, 1.807) is 7.05 Å². The van der Waals surface area contributed by atoms with Crippen molar-refractivity contribution in [1.29, 1.82) is 0 Å². The molecule has 2 amide bonds. The largest absolute Gasteiger partial charge is 0.358 e. The van der Waals surface area contributed by atoms with Gasteiger partial charge in [-0.25, -0.2) is 0 Å². The van der Waals surface area contributed by atoms with Gasteiger partial charge in [0.05, 0.1) is 17.8 Å². The third-order valence-electron chi connectivity index (χ3n) is 3.65. The second kappa shape index (κ2) is 6.04. The number of piperazine rings is 1. The molecular weight excluding hydrogens is 258 g/mol. The first kappa shape index (κ1) is 14.5. The number of nitrogens with one attached hydrogen (secondary N) is 2. The van der Waals surface area contributed by atoms with E-state index in [2.05, 4.69) is 20.4 Å². The van der Waals surface area contributed by atoms with Crippen LogP contribution in [0.5, 0.6) is 0 Å². The summed E-state index contributed by atoms with van der Waals surface area (Å²) >= 11 is 0. The van der Waals surface area contributed by atoms with Gasteiger partial charge in [-0.1, -0.05) is 0 Å². The summed E-state index contributed by atoms with van der Waals surface area (Å²) in [5.74, 6) is 0.0274. The Balaban J connectivity index is 1.94. The fourth-order valence-corrected chi connectivity index (χ4v) is 2.42. The average molecular weight is 279 g/mol. The predicted molar refractivity (Wildman–Crippen MR) is 74.5 cm³/mol. The van der Waals surface area contributed by atoms with Crippen LogP contribution in [0.3, 0.4) is 0 Å². The predicted octanol–water partition coefficient (Wildman–Crippen LogP) is -0.470. The Bertz CT molecular complexity index is 483. The SMILES string of the molecule is CNC(=O)CN1CCN(C(=O)c2c(C)n[nH]c2C)CC1. The van der Waals surface area contributed by atoms with Gasteiger partial charge in [0.15, 0.2) is 0 Å². The lowest BCUT2D eigenvalue weighted by atomic mass is 10.1. The van der Waals surface area contributed by atoms with Crippen LogP contribution in [0.1, 0.15) is 21.7 Å². The van der Waals surface area contributed by atoms with Gasteiger partial charge in [-0.3, -0.25) is 19.6 Å². The third kappa shape index (κ3) is 2.98. The Morgan fingerprint density at radius 3 is 2.40 bits per heavy atom. The van der Waals surface area contributed by atoms with E-state index in [9.17, 15) is 9.59 Å². The molecule has 1 saturated heterocycles. The van der Waals surface area contributed by atoms with Gasteiger partial charge in [0, 0.05) is 38.9 Å². The highest BCUT2D eigenvalue weighted by molar-refractivity contribution is 5.96. The molecular formula is C13H21N5O2. The number of aryl methyl sites for hydroxylation is 2. The summed E-state index contributed by atoms with van der Waals surface area (Å²) in [5, 5.41) is 9.51. The van der Waals surface area contributed by atoms with Gasteiger partial charge in [-0.2, -0.15) is 5.10 Å². The summed E-state index contributed by atoms with van der Waals surface area (Å²) in [6.07, 6.45) is 0. The summed E-state index contributed by atoms with van der Waals surface area (Å²) < 4.78 is 0. The lowest BCUT2D eigenvalue weighted by Crippen LogP contribution is -2.51. The lowest BCUT2D eigenvalue weighted by Gasteiger charge is -2.34. The maximum atomic E-state index is 12.5. The van der Waals surface area contributed by atoms with Crippen molar-refractivity contribution in [3.63, 3.8) is 0 Å². The minimum Gasteiger partial charge on any atom is -0.358 e. The first-order chi connectivity index (χ1) is 9.52. The van der Waals surface area contributed by atoms with Crippen LogP contribution in [0.4, 0.5) is 0 Å². The first-order valence-corrected chi connectivity index (χ1v) is 6.76. The number of hydrogen-bond acceptors (Lipinski definition) is 4. The summed E-state index contributed by atoms with van der Waals surface area (Å²) in [6.45, 7) is 6.79. The summed E-state index contributed by atoms with van der Waals surface area (Å²) in [5.41, 5.74) is 2.21. The van der Waals surface area contributed by atoms with Crippen LogP contribution >= 0.6 is 0 Å². The quantitative estimate of drug-likeness (QED) is 0.784. The minimum absolute atomic E-state index is 0.00583. The third-order valence-corrected chi connectivity index (χ3v) is 3.65. The molecule has 2 rings (SSSR count).